The molecule has 178 valence electrons. The summed E-state index contributed by atoms with van der Waals surface area (Å²) in [4.78, 5) is 24.2. The standard InChI is InChI=1S/C29H30N4O2/c1-2-30-25(16-20-12-14-24(34)15-13-20)29(35)33-19-23-11-7-6-10-22(23)17-27(33)28-31-18-26(32-28)21-8-4-3-5-9-21/h3-15,18,25,27,30,34H,2,16-17,19H2,1H3,(H,31,32)/t25-,27+/m0/s1. The van der Waals surface area contributed by atoms with Gasteiger partial charge in [0.25, 0.3) is 0 Å². The van der Waals surface area contributed by atoms with Crippen molar-refractivity contribution in [1.82, 2.24) is 20.2 Å². The molecule has 35 heavy (non-hydrogen) atoms. The second-order valence-electron chi connectivity index (χ2n) is 8.98. The van der Waals surface area contributed by atoms with Gasteiger partial charge in [-0.3, -0.25) is 4.79 Å². The zero-order valence-corrected chi connectivity index (χ0v) is 19.8. The van der Waals surface area contributed by atoms with Crippen LogP contribution in [0.15, 0.2) is 85.1 Å². The number of carbonyl (C=O) groups is 1. The van der Waals surface area contributed by atoms with Gasteiger partial charge in [0.05, 0.1) is 24.0 Å². The minimum absolute atomic E-state index is 0.0529. The maximum atomic E-state index is 14.0. The zero-order chi connectivity index (χ0) is 24.2. The van der Waals surface area contributed by atoms with Gasteiger partial charge < -0.3 is 20.3 Å². The number of hydrogen-bond donors (Lipinski definition) is 3. The fourth-order valence-corrected chi connectivity index (χ4v) is 4.83. The molecule has 0 radical (unpaired) electrons. The first-order valence-corrected chi connectivity index (χ1v) is 12.1. The van der Waals surface area contributed by atoms with Crippen LogP contribution in [0, 0.1) is 0 Å². The molecule has 2 atom stereocenters. The van der Waals surface area contributed by atoms with E-state index in [1.165, 1.54) is 11.1 Å². The number of phenols is 1. The average molecular weight is 467 g/mol. The van der Waals surface area contributed by atoms with Gasteiger partial charge in [-0.25, -0.2) is 4.98 Å². The average Bonchev–Trinajstić information content (AvgIpc) is 3.39. The van der Waals surface area contributed by atoms with Crippen LogP contribution in [0.2, 0.25) is 0 Å². The Bertz CT molecular complexity index is 1280. The Hall–Kier alpha value is -3.90. The molecule has 5 rings (SSSR count). The van der Waals surface area contributed by atoms with E-state index >= 15 is 0 Å². The minimum atomic E-state index is -0.374. The summed E-state index contributed by atoms with van der Waals surface area (Å²) >= 11 is 0. The lowest BCUT2D eigenvalue weighted by Gasteiger charge is -2.38. The van der Waals surface area contributed by atoms with Gasteiger partial charge >= 0.3 is 0 Å². The Morgan fingerprint density at radius 2 is 1.77 bits per heavy atom. The molecule has 0 spiro atoms. The molecule has 1 aliphatic heterocycles. The second-order valence-corrected chi connectivity index (χ2v) is 8.98. The smallest absolute Gasteiger partial charge is 0.240 e. The third-order valence-corrected chi connectivity index (χ3v) is 6.65. The van der Waals surface area contributed by atoms with Crippen molar-refractivity contribution in [2.45, 2.75) is 38.4 Å². The number of benzene rings is 3. The molecule has 0 saturated heterocycles. The number of imidazole rings is 1. The molecule has 0 unspecified atom stereocenters. The number of hydrogen-bond acceptors (Lipinski definition) is 4. The van der Waals surface area contributed by atoms with Gasteiger partial charge in [0.1, 0.15) is 11.6 Å². The Morgan fingerprint density at radius 3 is 2.51 bits per heavy atom. The molecule has 1 amide bonds. The van der Waals surface area contributed by atoms with Crippen LogP contribution < -0.4 is 5.32 Å². The van der Waals surface area contributed by atoms with Gasteiger partial charge in [-0.15, -0.1) is 0 Å². The monoisotopic (exact) mass is 466 g/mol. The van der Waals surface area contributed by atoms with Crippen molar-refractivity contribution in [2.24, 2.45) is 0 Å². The summed E-state index contributed by atoms with van der Waals surface area (Å²) < 4.78 is 0. The topological polar surface area (TPSA) is 81.2 Å². The molecule has 1 aromatic heterocycles. The highest BCUT2D eigenvalue weighted by Crippen LogP contribution is 2.33. The normalized spacial score (nSPS) is 16.0. The van der Waals surface area contributed by atoms with Crippen LogP contribution >= 0.6 is 0 Å². The number of amides is 1. The maximum absolute atomic E-state index is 14.0. The van der Waals surface area contributed by atoms with Gasteiger partial charge in [-0.05, 0) is 47.4 Å². The van der Waals surface area contributed by atoms with Gasteiger partial charge in [-0.2, -0.15) is 0 Å². The summed E-state index contributed by atoms with van der Waals surface area (Å²) in [5, 5.41) is 13.0. The molecule has 3 aromatic carbocycles. The number of H-pyrrole nitrogens is 1. The van der Waals surface area contributed by atoms with E-state index in [0.717, 1.165) is 22.6 Å². The fourth-order valence-electron chi connectivity index (χ4n) is 4.83. The number of aromatic hydroxyl groups is 1. The highest BCUT2D eigenvalue weighted by atomic mass is 16.3. The molecule has 6 heteroatoms. The largest absolute Gasteiger partial charge is 0.508 e. The SMILES string of the molecule is CCN[C@@H](Cc1ccc(O)cc1)C(=O)N1Cc2ccccc2C[C@@H]1c1ncc(-c2ccccc2)[nH]1. The first-order valence-electron chi connectivity index (χ1n) is 12.1. The Labute approximate surface area is 205 Å². The van der Waals surface area contributed by atoms with Crippen LogP contribution in [0.1, 0.15) is 35.5 Å². The number of carbonyl (C=O) groups excluding carboxylic acids is 1. The van der Waals surface area contributed by atoms with Crippen LogP contribution in [0.25, 0.3) is 11.3 Å². The van der Waals surface area contributed by atoms with E-state index in [2.05, 4.69) is 40.6 Å². The predicted molar refractivity (Wildman–Crippen MR) is 137 cm³/mol. The number of nitrogens with zero attached hydrogens (tertiary/aromatic N) is 2. The van der Waals surface area contributed by atoms with Crippen molar-refractivity contribution in [1.29, 1.82) is 0 Å². The fraction of sp³-hybridized carbons (Fsp3) is 0.241. The lowest BCUT2D eigenvalue weighted by atomic mass is 9.92. The molecular weight excluding hydrogens is 436 g/mol. The number of aromatic amines is 1. The predicted octanol–water partition coefficient (Wildman–Crippen LogP) is 4.63. The van der Waals surface area contributed by atoms with Crippen molar-refractivity contribution < 1.29 is 9.90 Å². The molecule has 3 N–H and O–H groups in total. The van der Waals surface area contributed by atoms with Crippen molar-refractivity contribution in [3.63, 3.8) is 0 Å². The van der Waals surface area contributed by atoms with Gasteiger partial charge in [0, 0.05) is 13.0 Å². The Morgan fingerprint density at radius 1 is 1.06 bits per heavy atom. The third-order valence-electron chi connectivity index (χ3n) is 6.65. The Kier molecular flexibility index (Phi) is 6.64. The summed E-state index contributed by atoms with van der Waals surface area (Å²) in [7, 11) is 0. The molecule has 0 aliphatic carbocycles. The van der Waals surface area contributed by atoms with Crippen LogP contribution in [0.4, 0.5) is 0 Å². The second kappa shape index (κ2) is 10.2. The van der Waals surface area contributed by atoms with Crippen molar-refractivity contribution in [2.75, 3.05) is 6.54 Å². The molecule has 4 aromatic rings. The minimum Gasteiger partial charge on any atom is -0.508 e. The van der Waals surface area contributed by atoms with Crippen LogP contribution in [0.5, 0.6) is 5.75 Å². The first kappa shape index (κ1) is 22.9. The quantitative estimate of drug-likeness (QED) is 0.371. The zero-order valence-electron chi connectivity index (χ0n) is 19.8. The molecule has 6 nitrogen and oxygen atoms in total. The van der Waals surface area contributed by atoms with E-state index in [4.69, 9.17) is 4.98 Å². The summed E-state index contributed by atoms with van der Waals surface area (Å²) in [6, 6.07) is 24.9. The third kappa shape index (κ3) is 4.98. The lowest BCUT2D eigenvalue weighted by Crippen LogP contribution is -2.50. The lowest BCUT2D eigenvalue weighted by molar-refractivity contribution is -0.137. The molecule has 0 saturated carbocycles. The van der Waals surface area contributed by atoms with Gasteiger partial charge in [0.2, 0.25) is 5.91 Å². The maximum Gasteiger partial charge on any atom is 0.240 e. The van der Waals surface area contributed by atoms with E-state index in [9.17, 15) is 9.90 Å². The highest BCUT2D eigenvalue weighted by Gasteiger charge is 2.35. The number of fused-ring (bicyclic) bond motifs is 1. The summed E-state index contributed by atoms with van der Waals surface area (Å²) in [6.45, 7) is 3.24. The van der Waals surface area contributed by atoms with E-state index < -0.39 is 0 Å². The summed E-state index contributed by atoms with van der Waals surface area (Å²) in [5.41, 5.74) is 5.43. The number of rotatable bonds is 7. The van der Waals surface area contributed by atoms with E-state index in [0.29, 0.717) is 25.9 Å². The van der Waals surface area contributed by atoms with Crippen LogP contribution in [-0.4, -0.2) is 38.5 Å². The molecule has 2 heterocycles. The molecule has 0 fully saturated rings. The van der Waals surface area contributed by atoms with Gasteiger partial charge in [0.15, 0.2) is 0 Å². The summed E-state index contributed by atoms with van der Waals surface area (Å²) in [5.74, 6) is 1.07. The number of nitrogens with one attached hydrogen (secondary N) is 2. The van der Waals surface area contributed by atoms with Crippen molar-refractivity contribution in [3.05, 3.63) is 108 Å². The molecule has 0 bridgehead atoms. The molecule has 1 aliphatic rings. The van der Waals surface area contributed by atoms with E-state index in [1.807, 2.05) is 54.4 Å². The Balaban J connectivity index is 1.47. The van der Waals surface area contributed by atoms with Crippen molar-refractivity contribution in [3.8, 4) is 17.0 Å². The highest BCUT2D eigenvalue weighted by molar-refractivity contribution is 5.83. The number of likely N-dealkylation sites (N-methyl/N-ethyl adjacent to an activating group) is 1. The molecular formula is C29H30N4O2. The number of aromatic nitrogens is 2. The summed E-state index contributed by atoms with van der Waals surface area (Å²) in [6.07, 6.45) is 3.11. The van der Waals surface area contributed by atoms with Crippen LogP contribution in [0.3, 0.4) is 0 Å². The first-order chi connectivity index (χ1) is 17.1. The van der Waals surface area contributed by atoms with E-state index in [-0.39, 0.29) is 23.7 Å². The van der Waals surface area contributed by atoms with Crippen LogP contribution in [-0.2, 0) is 24.2 Å². The number of phenolic OH excluding ortho intramolecular Hbond substituents is 1. The van der Waals surface area contributed by atoms with Crippen molar-refractivity contribution >= 4 is 5.91 Å². The van der Waals surface area contributed by atoms with Gasteiger partial charge in [-0.1, -0.05) is 73.7 Å². The van der Waals surface area contributed by atoms with E-state index in [1.54, 1.807) is 12.1 Å².